The highest BCUT2D eigenvalue weighted by molar-refractivity contribution is 6.01. The van der Waals surface area contributed by atoms with Crippen LogP contribution in [0.2, 0.25) is 0 Å². The van der Waals surface area contributed by atoms with E-state index in [2.05, 4.69) is 10.3 Å². The molecule has 1 amide bonds. The second kappa shape index (κ2) is 5.72. The molecule has 4 heteroatoms. The maximum absolute atomic E-state index is 12.7. The van der Waals surface area contributed by atoms with Crippen molar-refractivity contribution in [1.29, 1.82) is 0 Å². The van der Waals surface area contributed by atoms with Gasteiger partial charge in [-0.15, -0.1) is 0 Å². The van der Waals surface area contributed by atoms with Gasteiger partial charge in [-0.05, 0) is 35.9 Å². The minimum atomic E-state index is -0.301. The van der Waals surface area contributed by atoms with Gasteiger partial charge in [0.1, 0.15) is 11.6 Å². The fourth-order valence-electron chi connectivity index (χ4n) is 1.35. The summed E-state index contributed by atoms with van der Waals surface area (Å²) in [6.07, 6.45) is 4.58. The SMILES string of the molecule is O=C(C=Cc1ccc(F)cc1)Nc1ccccn1. The van der Waals surface area contributed by atoms with Gasteiger partial charge >= 0.3 is 0 Å². The Morgan fingerprint density at radius 1 is 1.17 bits per heavy atom. The number of carbonyl (C=O) groups is 1. The first-order valence-electron chi connectivity index (χ1n) is 5.40. The first-order chi connectivity index (χ1) is 8.74. The molecule has 0 radical (unpaired) electrons. The summed E-state index contributed by atoms with van der Waals surface area (Å²) < 4.78 is 12.7. The third kappa shape index (κ3) is 3.52. The second-order valence-electron chi connectivity index (χ2n) is 3.59. The lowest BCUT2D eigenvalue weighted by molar-refractivity contribution is -0.111. The molecule has 0 aliphatic carbocycles. The van der Waals surface area contributed by atoms with E-state index in [9.17, 15) is 9.18 Å². The van der Waals surface area contributed by atoms with Gasteiger partial charge in [0.2, 0.25) is 5.91 Å². The predicted octanol–water partition coefficient (Wildman–Crippen LogP) is 2.87. The van der Waals surface area contributed by atoms with E-state index < -0.39 is 0 Å². The molecule has 1 aromatic heterocycles. The summed E-state index contributed by atoms with van der Waals surface area (Å²) in [6.45, 7) is 0. The Kier molecular flexibility index (Phi) is 3.81. The number of rotatable bonds is 3. The van der Waals surface area contributed by atoms with Crippen LogP contribution in [0.1, 0.15) is 5.56 Å². The molecular formula is C14H11FN2O. The van der Waals surface area contributed by atoms with Crippen LogP contribution in [0.15, 0.2) is 54.7 Å². The van der Waals surface area contributed by atoms with E-state index in [1.165, 1.54) is 18.2 Å². The summed E-state index contributed by atoms with van der Waals surface area (Å²) >= 11 is 0. The number of amides is 1. The maximum Gasteiger partial charge on any atom is 0.249 e. The summed E-state index contributed by atoms with van der Waals surface area (Å²) in [4.78, 5) is 15.5. The van der Waals surface area contributed by atoms with Crippen molar-refractivity contribution in [2.24, 2.45) is 0 Å². The van der Waals surface area contributed by atoms with Crippen LogP contribution >= 0.6 is 0 Å². The Bertz CT molecular complexity index is 550. The van der Waals surface area contributed by atoms with Gasteiger partial charge in [-0.25, -0.2) is 9.37 Å². The van der Waals surface area contributed by atoms with E-state index in [0.29, 0.717) is 5.82 Å². The Morgan fingerprint density at radius 2 is 1.94 bits per heavy atom. The molecular weight excluding hydrogens is 231 g/mol. The fourth-order valence-corrected chi connectivity index (χ4v) is 1.35. The summed E-state index contributed by atoms with van der Waals surface area (Å²) in [5, 5.41) is 2.61. The molecule has 0 spiro atoms. The summed E-state index contributed by atoms with van der Waals surface area (Å²) in [6, 6.07) is 11.1. The van der Waals surface area contributed by atoms with Gasteiger partial charge in [0, 0.05) is 12.3 Å². The van der Waals surface area contributed by atoms with E-state index in [1.54, 1.807) is 42.6 Å². The molecule has 0 atom stereocenters. The predicted molar refractivity (Wildman–Crippen MR) is 68.3 cm³/mol. The monoisotopic (exact) mass is 242 g/mol. The van der Waals surface area contributed by atoms with Crippen molar-refractivity contribution < 1.29 is 9.18 Å². The number of carbonyl (C=O) groups excluding carboxylic acids is 1. The topological polar surface area (TPSA) is 42.0 Å². The van der Waals surface area contributed by atoms with Crippen molar-refractivity contribution in [2.45, 2.75) is 0 Å². The average molecular weight is 242 g/mol. The Hall–Kier alpha value is -2.49. The molecule has 18 heavy (non-hydrogen) atoms. The van der Waals surface area contributed by atoms with Crippen LogP contribution in [-0.4, -0.2) is 10.9 Å². The number of hydrogen-bond donors (Lipinski definition) is 1. The first kappa shape index (κ1) is 12.0. The lowest BCUT2D eigenvalue weighted by Gasteiger charge is -1.99. The zero-order valence-corrected chi connectivity index (χ0v) is 9.51. The van der Waals surface area contributed by atoms with Gasteiger partial charge in [0.25, 0.3) is 0 Å². The van der Waals surface area contributed by atoms with Gasteiger partial charge in [0.15, 0.2) is 0 Å². The molecule has 3 nitrogen and oxygen atoms in total. The van der Waals surface area contributed by atoms with Gasteiger partial charge in [-0.2, -0.15) is 0 Å². The van der Waals surface area contributed by atoms with Crippen molar-refractivity contribution in [3.8, 4) is 0 Å². The number of pyridine rings is 1. The van der Waals surface area contributed by atoms with Crippen molar-refractivity contribution >= 4 is 17.8 Å². The van der Waals surface area contributed by atoms with Crippen LogP contribution in [0.4, 0.5) is 10.2 Å². The van der Waals surface area contributed by atoms with Crippen LogP contribution in [0.3, 0.4) is 0 Å². The number of halogens is 1. The Morgan fingerprint density at radius 3 is 2.61 bits per heavy atom. The van der Waals surface area contributed by atoms with Crippen LogP contribution in [0.5, 0.6) is 0 Å². The third-order valence-corrected chi connectivity index (χ3v) is 2.21. The molecule has 0 aliphatic rings. The number of aromatic nitrogens is 1. The van der Waals surface area contributed by atoms with Crippen molar-refractivity contribution in [1.82, 2.24) is 4.98 Å². The lowest BCUT2D eigenvalue weighted by Crippen LogP contribution is -2.08. The summed E-state index contributed by atoms with van der Waals surface area (Å²) in [7, 11) is 0. The smallest absolute Gasteiger partial charge is 0.249 e. The quantitative estimate of drug-likeness (QED) is 0.841. The molecule has 0 saturated heterocycles. The largest absolute Gasteiger partial charge is 0.307 e. The molecule has 0 bridgehead atoms. The van der Waals surface area contributed by atoms with Crippen molar-refractivity contribution in [2.75, 3.05) is 5.32 Å². The minimum Gasteiger partial charge on any atom is -0.307 e. The maximum atomic E-state index is 12.7. The van der Waals surface area contributed by atoms with Gasteiger partial charge in [-0.1, -0.05) is 18.2 Å². The van der Waals surface area contributed by atoms with E-state index in [4.69, 9.17) is 0 Å². The van der Waals surface area contributed by atoms with Crippen LogP contribution in [-0.2, 0) is 4.79 Å². The fraction of sp³-hybridized carbons (Fsp3) is 0. The number of anilines is 1. The molecule has 0 aliphatic heterocycles. The van der Waals surface area contributed by atoms with E-state index >= 15 is 0 Å². The number of nitrogens with zero attached hydrogens (tertiary/aromatic N) is 1. The molecule has 1 aromatic carbocycles. The number of nitrogens with one attached hydrogen (secondary N) is 1. The number of hydrogen-bond acceptors (Lipinski definition) is 2. The molecule has 1 N–H and O–H groups in total. The lowest BCUT2D eigenvalue weighted by atomic mass is 10.2. The van der Waals surface area contributed by atoms with Crippen LogP contribution in [0, 0.1) is 5.82 Å². The van der Waals surface area contributed by atoms with E-state index in [1.807, 2.05) is 0 Å². The Balaban J connectivity index is 1.97. The zero-order valence-electron chi connectivity index (χ0n) is 9.51. The highest BCUT2D eigenvalue weighted by Crippen LogP contribution is 2.05. The third-order valence-electron chi connectivity index (χ3n) is 2.21. The highest BCUT2D eigenvalue weighted by Gasteiger charge is 1.97. The normalized spacial score (nSPS) is 10.5. The van der Waals surface area contributed by atoms with Crippen LogP contribution < -0.4 is 5.32 Å². The molecule has 0 unspecified atom stereocenters. The Labute approximate surface area is 104 Å². The summed E-state index contributed by atoms with van der Waals surface area (Å²) in [5.74, 6) is -0.0885. The van der Waals surface area contributed by atoms with Crippen molar-refractivity contribution in [3.63, 3.8) is 0 Å². The standard InChI is InChI=1S/C14H11FN2O/c15-12-7-4-11(5-8-12)6-9-14(18)17-13-3-1-2-10-16-13/h1-10H,(H,16,17,18). The molecule has 1 heterocycles. The van der Waals surface area contributed by atoms with Gasteiger partial charge in [0.05, 0.1) is 0 Å². The molecule has 2 aromatic rings. The molecule has 2 rings (SSSR count). The molecule has 0 fully saturated rings. The van der Waals surface area contributed by atoms with Crippen LogP contribution in [0.25, 0.3) is 6.08 Å². The first-order valence-corrected chi connectivity index (χ1v) is 5.40. The highest BCUT2D eigenvalue weighted by atomic mass is 19.1. The van der Waals surface area contributed by atoms with Gasteiger partial charge < -0.3 is 5.32 Å². The number of benzene rings is 1. The van der Waals surface area contributed by atoms with E-state index in [-0.39, 0.29) is 11.7 Å². The second-order valence-corrected chi connectivity index (χ2v) is 3.59. The zero-order chi connectivity index (χ0) is 12.8. The summed E-state index contributed by atoms with van der Waals surface area (Å²) in [5.41, 5.74) is 0.757. The minimum absolute atomic E-state index is 0.280. The molecule has 90 valence electrons. The molecule has 0 saturated carbocycles. The average Bonchev–Trinajstić information content (AvgIpc) is 2.39. The van der Waals surface area contributed by atoms with Gasteiger partial charge in [-0.3, -0.25) is 4.79 Å². The van der Waals surface area contributed by atoms with E-state index in [0.717, 1.165) is 5.56 Å². The van der Waals surface area contributed by atoms with Crippen molar-refractivity contribution in [3.05, 3.63) is 66.1 Å².